The van der Waals surface area contributed by atoms with Crippen LogP contribution in [0.1, 0.15) is 43.6 Å². The number of anilines is 1. The molecule has 1 aromatic heterocycles. The number of hydrogen-bond donors (Lipinski definition) is 3. The molecule has 0 spiro atoms. The Morgan fingerprint density at radius 3 is 2.76 bits per heavy atom. The zero-order valence-corrected chi connectivity index (χ0v) is 12.5. The van der Waals surface area contributed by atoms with E-state index in [1.54, 1.807) is 6.07 Å². The average molecular weight is 286 g/mol. The Morgan fingerprint density at radius 2 is 2.10 bits per heavy atom. The van der Waals surface area contributed by atoms with Crippen LogP contribution in [0.5, 0.6) is 0 Å². The normalized spacial score (nSPS) is 12.1. The number of nitrogen functional groups attached to an aromatic ring is 1. The first-order valence-electron chi connectivity index (χ1n) is 7.36. The number of para-hydroxylation sites is 1. The van der Waals surface area contributed by atoms with E-state index in [2.05, 4.69) is 29.6 Å². The number of carbonyl (C=O) groups excluding carboxylic acids is 1. The van der Waals surface area contributed by atoms with E-state index in [4.69, 9.17) is 5.84 Å². The largest absolute Gasteiger partial charge is 0.348 e. The second-order valence-corrected chi connectivity index (χ2v) is 5.08. The number of nitrogens with two attached hydrogens (primary N) is 1. The van der Waals surface area contributed by atoms with Gasteiger partial charge in [-0.3, -0.25) is 10.6 Å². The van der Waals surface area contributed by atoms with E-state index in [-0.39, 0.29) is 11.9 Å². The lowest BCUT2D eigenvalue weighted by molar-refractivity contribution is 0.0929. The highest BCUT2D eigenvalue weighted by Gasteiger charge is 2.15. The van der Waals surface area contributed by atoms with Crippen LogP contribution in [0, 0.1) is 0 Å². The number of carbonyl (C=O) groups is 1. The molecule has 2 rings (SSSR count). The summed E-state index contributed by atoms with van der Waals surface area (Å²) in [5.41, 5.74) is 4.48. The highest BCUT2D eigenvalue weighted by Crippen LogP contribution is 2.22. The maximum absolute atomic E-state index is 12.4. The number of fused-ring (bicyclic) bond motifs is 1. The summed E-state index contributed by atoms with van der Waals surface area (Å²) in [6, 6.07) is 9.48. The first-order valence-corrected chi connectivity index (χ1v) is 7.36. The summed E-state index contributed by atoms with van der Waals surface area (Å²) >= 11 is 0. The monoisotopic (exact) mass is 286 g/mol. The number of rotatable bonds is 6. The molecule has 0 radical (unpaired) electrons. The van der Waals surface area contributed by atoms with E-state index >= 15 is 0 Å². The van der Waals surface area contributed by atoms with Gasteiger partial charge in [0, 0.05) is 11.4 Å². The number of aromatic nitrogens is 1. The third-order valence-electron chi connectivity index (χ3n) is 3.57. The molecule has 0 bridgehead atoms. The van der Waals surface area contributed by atoms with E-state index < -0.39 is 0 Å². The average Bonchev–Trinajstić information content (AvgIpc) is 2.53. The van der Waals surface area contributed by atoms with Crippen LogP contribution < -0.4 is 16.6 Å². The van der Waals surface area contributed by atoms with Crippen molar-refractivity contribution in [1.82, 2.24) is 10.3 Å². The Hall–Kier alpha value is -2.14. The van der Waals surface area contributed by atoms with E-state index in [1.807, 2.05) is 24.3 Å². The van der Waals surface area contributed by atoms with Crippen molar-refractivity contribution in [2.45, 2.75) is 39.2 Å². The molecule has 21 heavy (non-hydrogen) atoms. The van der Waals surface area contributed by atoms with Crippen LogP contribution in [0.25, 0.3) is 10.9 Å². The molecule has 5 nitrogen and oxygen atoms in total. The highest BCUT2D eigenvalue weighted by atomic mass is 16.1. The molecule has 1 heterocycles. The highest BCUT2D eigenvalue weighted by molar-refractivity contribution is 5.99. The van der Waals surface area contributed by atoms with Crippen LogP contribution in [0.4, 0.5) is 5.69 Å². The van der Waals surface area contributed by atoms with Gasteiger partial charge in [0.15, 0.2) is 0 Å². The summed E-state index contributed by atoms with van der Waals surface area (Å²) in [6.07, 6.45) is 2.92. The Morgan fingerprint density at radius 1 is 1.33 bits per heavy atom. The lowest BCUT2D eigenvalue weighted by atomic mass is 10.1. The van der Waals surface area contributed by atoms with E-state index in [1.165, 1.54) is 0 Å². The molecule has 4 N–H and O–H groups in total. The smallest absolute Gasteiger partial charge is 0.270 e. The molecule has 0 saturated heterocycles. The van der Waals surface area contributed by atoms with Gasteiger partial charge in [-0.25, -0.2) is 4.98 Å². The molecule has 0 fully saturated rings. The Labute approximate surface area is 124 Å². The van der Waals surface area contributed by atoms with E-state index in [0.717, 1.165) is 30.2 Å². The lowest BCUT2D eigenvalue weighted by Crippen LogP contribution is -2.34. The predicted octanol–water partition coefficient (Wildman–Crippen LogP) is 2.83. The molecule has 1 amide bonds. The summed E-state index contributed by atoms with van der Waals surface area (Å²) in [7, 11) is 0. The number of pyridine rings is 1. The minimum atomic E-state index is -0.155. The quantitative estimate of drug-likeness (QED) is 0.563. The zero-order chi connectivity index (χ0) is 15.2. The molecule has 1 unspecified atom stereocenters. The number of hydrazine groups is 1. The van der Waals surface area contributed by atoms with Crippen molar-refractivity contribution in [2.24, 2.45) is 5.84 Å². The first-order chi connectivity index (χ1) is 10.2. The number of hydrogen-bond acceptors (Lipinski definition) is 4. The fraction of sp³-hybridized carbons (Fsp3) is 0.375. The third kappa shape index (κ3) is 3.49. The van der Waals surface area contributed by atoms with Gasteiger partial charge in [0.1, 0.15) is 5.69 Å². The molecule has 5 heteroatoms. The molecule has 0 aliphatic rings. The van der Waals surface area contributed by atoms with Crippen molar-refractivity contribution in [3.8, 4) is 0 Å². The molecular weight excluding hydrogens is 264 g/mol. The van der Waals surface area contributed by atoms with Crippen LogP contribution in [-0.4, -0.2) is 16.9 Å². The van der Waals surface area contributed by atoms with Crippen molar-refractivity contribution in [3.63, 3.8) is 0 Å². The van der Waals surface area contributed by atoms with Crippen LogP contribution in [-0.2, 0) is 0 Å². The maximum Gasteiger partial charge on any atom is 0.270 e. The molecule has 1 aromatic carbocycles. The lowest BCUT2D eigenvalue weighted by Gasteiger charge is -2.16. The van der Waals surface area contributed by atoms with Crippen molar-refractivity contribution in [2.75, 3.05) is 5.43 Å². The number of amides is 1. The summed E-state index contributed by atoms with van der Waals surface area (Å²) in [5.74, 6) is 5.40. The minimum Gasteiger partial charge on any atom is -0.348 e. The second kappa shape index (κ2) is 7.04. The minimum absolute atomic E-state index is 0.155. The fourth-order valence-electron chi connectivity index (χ4n) is 2.40. The molecule has 112 valence electrons. The van der Waals surface area contributed by atoms with Gasteiger partial charge in [-0.05, 0) is 25.0 Å². The van der Waals surface area contributed by atoms with Gasteiger partial charge in [-0.1, -0.05) is 38.5 Å². The molecule has 0 aliphatic heterocycles. The van der Waals surface area contributed by atoms with Crippen LogP contribution >= 0.6 is 0 Å². The summed E-state index contributed by atoms with van der Waals surface area (Å²) < 4.78 is 0. The van der Waals surface area contributed by atoms with Gasteiger partial charge in [-0.15, -0.1) is 0 Å². The number of benzene rings is 1. The number of nitrogens with zero attached hydrogens (tertiary/aromatic N) is 1. The van der Waals surface area contributed by atoms with Crippen molar-refractivity contribution in [3.05, 3.63) is 36.0 Å². The topological polar surface area (TPSA) is 80.0 Å². The Kier molecular flexibility index (Phi) is 5.11. The molecule has 2 aromatic rings. The third-order valence-corrected chi connectivity index (χ3v) is 3.57. The molecule has 0 aliphatic carbocycles. The summed E-state index contributed by atoms with van der Waals surface area (Å²) in [4.78, 5) is 16.8. The van der Waals surface area contributed by atoms with E-state index in [0.29, 0.717) is 11.4 Å². The summed E-state index contributed by atoms with van der Waals surface area (Å²) in [6.45, 7) is 4.18. The Bertz CT molecular complexity index is 627. The standard InChI is InChI=1S/C16H22N4O/c1-3-7-11(4-2)18-16(21)15-10-14(20-17)12-8-5-6-9-13(12)19-15/h5-6,8-11H,3-4,7,17H2,1-2H3,(H,18,21)(H,19,20). The second-order valence-electron chi connectivity index (χ2n) is 5.08. The van der Waals surface area contributed by atoms with Gasteiger partial charge >= 0.3 is 0 Å². The first kappa shape index (κ1) is 15.3. The van der Waals surface area contributed by atoms with Gasteiger partial charge in [-0.2, -0.15) is 0 Å². The SMILES string of the molecule is CCCC(CC)NC(=O)c1cc(NN)c2ccccc2n1. The Balaban J connectivity index is 2.31. The van der Waals surface area contributed by atoms with Gasteiger partial charge in [0.25, 0.3) is 5.91 Å². The summed E-state index contributed by atoms with van der Waals surface area (Å²) in [5, 5.41) is 3.93. The molecule has 1 atom stereocenters. The van der Waals surface area contributed by atoms with Gasteiger partial charge < -0.3 is 10.7 Å². The van der Waals surface area contributed by atoms with Crippen LogP contribution in [0.2, 0.25) is 0 Å². The van der Waals surface area contributed by atoms with Crippen molar-refractivity contribution >= 4 is 22.5 Å². The van der Waals surface area contributed by atoms with Crippen LogP contribution in [0.15, 0.2) is 30.3 Å². The predicted molar refractivity (Wildman–Crippen MR) is 86.0 cm³/mol. The molecule has 0 saturated carbocycles. The maximum atomic E-state index is 12.4. The number of nitrogens with one attached hydrogen (secondary N) is 2. The van der Waals surface area contributed by atoms with Gasteiger partial charge in [0.2, 0.25) is 0 Å². The zero-order valence-electron chi connectivity index (χ0n) is 12.5. The molecular formula is C16H22N4O. The van der Waals surface area contributed by atoms with E-state index in [9.17, 15) is 4.79 Å². The van der Waals surface area contributed by atoms with Crippen LogP contribution in [0.3, 0.4) is 0 Å². The van der Waals surface area contributed by atoms with Gasteiger partial charge in [0.05, 0.1) is 11.2 Å². The van der Waals surface area contributed by atoms with Crippen molar-refractivity contribution in [1.29, 1.82) is 0 Å². The fourth-order valence-corrected chi connectivity index (χ4v) is 2.40. The van der Waals surface area contributed by atoms with Crippen molar-refractivity contribution < 1.29 is 4.79 Å².